The molecule has 3 aliphatic rings. The molecule has 21 nitrogen and oxygen atoms in total. The van der Waals surface area contributed by atoms with Crippen LogP contribution in [-0.2, 0) is 12.3 Å². The molecule has 33 heavy (non-hydrogen) atoms. The maximum Gasteiger partial charge on any atom is 0.426 e. The summed E-state index contributed by atoms with van der Waals surface area (Å²) in [4.78, 5) is 191. The fourth-order valence-electron chi connectivity index (χ4n) is 3.67. The Morgan fingerprint density at radius 3 is 1.24 bits per heavy atom. The van der Waals surface area contributed by atoms with E-state index in [2.05, 4.69) is 12.3 Å². The predicted octanol–water partition coefficient (Wildman–Crippen LogP) is -15.3. The van der Waals surface area contributed by atoms with Gasteiger partial charge in [-0.1, -0.05) is 0 Å². The molecular weight excluding hydrogens is 673 g/mol. The first-order valence-corrected chi connectivity index (χ1v) is 41.6. The second kappa shape index (κ2) is 7.24. The maximum atomic E-state index is 11.0. The summed E-state index contributed by atoms with van der Waals surface area (Å²) < 4.78 is 13.6. The Morgan fingerprint density at radius 2 is 0.848 bits per heavy atom. The Labute approximate surface area is 191 Å². The van der Waals surface area contributed by atoms with Crippen LogP contribution < -0.4 is 0 Å². The third-order valence-electron chi connectivity index (χ3n) is 5.88. The Hall–Kier alpha value is 1.76. The standard InChI is InChI=1S/H20O21Si12/c1-22(2)29(14)20-32(17)26(8,9)30(15)19-23(3)24(4,5)31(16,25(29,6)7)21-33(18,27(30,10)11)28(32,12)13/h1-18,22-23H. The highest BCUT2D eigenvalue weighted by Gasteiger charge is 3.09. The van der Waals surface area contributed by atoms with Gasteiger partial charge in [0.1, 0.15) is 0 Å². The maximum absolute atomic E-state index is 11.0. The second-order valence-electron chi connectivity index (χ2n) is 7.74. The topological polar surface area (TPSA) is 392 Å². The van der Waals surface area contributed by atoms with Gasteiger partial charge in [-0.15, -0.1) is 0 Å². The molecule has 0 aliphatic carbocycles. The normalized spacial score (nSPS) is 51.5. The summed E-state index contributed by atoms with van der Waals surface area (Å²) in [6, 6.07) is 0. The Balaban J connectivity index is 2.65. The van der Waals surface area contributed by atoms with Gasteiger partial charge in [-0.25, -0.2) is 0 Å². The van der Waals surface area contributed by atoms with Gasteiger partial charge in [0.15, 0.2) is 0 Å². The number of hydrogen-bond donors (Lipinski definition) is 18. The van der Waals surface area contributed by atoms with Gasteiger partial charge in [0.05, 0.1) is 0 Å². The summed E-state index contributed by atoms with van der Waals surface area (Å²) in [5, 5.41) is 0. The molecule has 3 heterocycles. The summed E-state index contributed by atoms with van der Waals surface area (Å²) in [6.45, 7) is 0. The molecule has 4 bridgehead atoms. The highest BCUT2D eigenvalue weighted by Crippen LogP contribution is 2.50. The van der Waals surface area contributed by atoms with Crippen molar-refractivity contribution < 1.29 is 98.7 Å². The molecular formula is H20O21Si12. The van der Waals surface area contributed by atoms with E-state index in [1.165, 1.54) is 0 Å². The monoisotopic (exact) mass is 692 g/mol. The fraction of sp³-hybridized carbons (Fsp3) is 0. The molecule has 6 unspecified atom stereocenters. The van der Waals surface area contributed by atoms with E-state index < -0.39 is 93.6 Å². The minimum atomic E-state index is -6.84. The Morgan fingerprint density at radius 1 is 0.485 bits per heavy atom. The molecule has 3 fully saturated rings. The van der Waals surface area contributed by atoms with E-state index in [0.29, 0.717) is 0 Å². The smallest absolute Gasteiger partial charge is 0.415 e. The first-order chi connectivity index (χ1) is 14.2. The van der Waals surface area contributed by atoms with E-state index in [-0.39, 0.29) is 0 Å². The van der Waals surface area contributed by atoms with Gasteiger partial charge in [0.2, 0.25) is 0 Å². The first kappa shape index (κ1) is 29.3. The van der Waals surface area contributed by atoms with E-state index in [1.807, 2.05) is 0 Å². The summed E-state index contributed by atoms with van der Waals surface area (Å²) in [6.07, 6.45) is 0. The van der Waals surface area contributed by atoms with Crippen molar-refractivity contribution in [3.8, 4) is 0 Å². The van der Waals surface area contributed by atoms with Gasteiger partial charge in [-0.2, -0.15) is 0 Å². The van der Waals surface area contributed by atoms with E-state index in [4.69, 9.17) is 0 Å². The van der Waals surface area contributed by atoms with Crippen molar-refractivity contribution in [2.75, 3.05) is 0 Å². The molecule has 3 rings (SSSR count). The van der Waals surface area contributed by atoms with Crippen LogP contribution in [-0.4, -0.2) is 180 Å². The molecule has 18 N–H and O–H groups in total. The third kappa shape index (κ3) is 2.73. The van der Waals surface area contributed by atoms with Crippen molar-refractivity contribution in [1.29, 1.82) is 0 Å². The lowest BCUT2D eigenvalue weighted by atomic mass is 15.7. The minimum absolute atomic E-state index is 4.50. The van der Waals surface area contributed by atoms with Gasteiger partial charge in [0, 0.05) is 0 Å². The minimum Gasteiger partial charge on any atom is -0.415 e. The van der Waals surface area contributed by atoms with Gasteiger partial charge < -0.3 is 98.7 Å². The third-order valence-corrected chi connectivity index (χ3v) is 146. The lowest BCUT2D eigenvalue weighted by Crippen LogP contribution is -3.16. The molecule has 0 aromatic rings. The molecule has 0 spiro atoms. The van der Waals surface area contributed by atoms with E-state index in [1.54, 1.807) is 0 Å². The van der Waals surface area contributed by atoms with Crippen molar-refractivity contribution in [1.82, 2.24) is 0 Å². The van der Waals surface area contributed by atoms with Crippen LogP contribution >= 0.6 is 0 Å². The number of fused-ring (bicyclic) bond motifs is 3. The van der Waals surface area contributed by atoms with Gasteiger partial charge >= 0.3 is 93.6 Å². The molecule has 0 saturated carbocycles. The van der Waals surface area contributed by atoms with Crippen LogP contribution in [0, 0.1) is 0 Å². The van der Waals surface area contributed by atoms with Crippen molar-refractivity contribution in [3.63, 3.8) is 0 Å². The van der Waals surface area contributed by atoms with Gasteiger partial charge in [-0.05, 0) is 0 Å². The van der Waals surface area contributed by atoms with Crippen LogP contribution in [0.3, 0.4) is 0 Å². The number of hydrogen-bond acceptors (Lipinski definition) is 21. The first-order valence-electron chi connectivity index (χ1n) is 8.21. The molecule has 0 aromatic carbocycles. The molecule has 0 amide bonds. The van der Waals surface area contributed by atoms with Crippen molar-refractivity contribution in [2.45, 2.75) is 0 Å². The van der Waals surface area contributed by atoms with E-state index >= 15 is 0 Å². The lowest BCUT2D eigenvalue weighted by Gasteiger charge is -2.63. The van der Waals surface area contributed by atoms with Crippen LogP contribution in [0.4, 0.5) is 0 Å². The summed E-state index contributed by atoms with van der Waals surface area (Å²) in [5.41, 5.74) is 0. The molecule has 0 radical (unpaired) electrons. The van der Waals surface area contributed by atoms with Crippen molar-refractivity contribution in [2.24, 2.45) is 0 Å². The molecule has 194 valence electrons. The SMILES string of the molecule is O[SiH]1O[Si]2(O)[Si](O)(O)[Si]3(O)O[Si](O)([SiH](O)O)[Si](O)(O)[Si](O)(O[Si](O)([Si]2(O)O)[Si]3(O)O)[Si]1(O)O. The summed E-state index contributed by atoms with van der Waals surface area (Å²) in [7, 11) is -78.0. The number of rotatable bonds is 1. The van der Waals surface area contributed by atoms with Crippen molar-refractivity contribution in [3.05, 3.63) is 0 Å². The molecule has 3 aliphatic heterocycles. The molecule has 6 atom stereocenters. The predicted molar refractivity (Wildman–Crippen MR) is 115 cm³/mol. The fourth-order valence-corrected chi connectivity index (χ4v) is 238. The zero-order valence-electron chi connectivity index (χ0n) is 15.4. The Kier molecular flexibility index (Phi) is 6.43. The quantitative estimate of drug-likeness (QED) is 0.113. The summed E-state index contributed by atoms with van der Waals surface area (Å²) in [5.74, 6) is 0. The lowest BCUT2D eigenvalue weighted by molar-refractivity contribution is 0.215. The van der Waals surface area contributed by atoms with Crippen LogP contribution in [0.1, 0.15) is 0 Å². The van der Waals surface area contributed by atoms with Crippen LogP contribution in [0.25, 0.3) is 0 Å². The van der Waals surface area contributed by atoms with Gasteiger partial charge in [-0.3, -0.25) is 0 Å². The van der Waals surface area contributed by atoms with Crippen LogP contribution in [0.5, 0.6) is 0 Å². The molecule has 33 heteroatoms. The highest BCUT2D eigenvalue weighted by atomic mass is 30.2. The average Bonchev–Trinajstić information content (AvgIpc) is 2.63. The van der Waals surface area contributed by atoms with E-state index in [9.17, 15) is 86.3 Å². The summed E-state index contributed by atoms with van der Waals surface area (Å²) >= 11 is 0. The molecule has 3 saturated heterocycles. The molecule has 0 aromatic heterocycles. The average molecular weight is 693 g/mol. The second-order valence-corrected chi connectivity index (χ2v) is 85.8. The highest BCUT2D eigenvalue weighted by molar-refractivity contribution is 8.07. The van der Waals surface area contributed by atoms with E-state index in [0.717, 1.165) is 0 Å². The largest absolute Gasteiger partial charge is 0.426 e. The Bertz CT molecular complexity index is 817. The zero-order valence-corrected chi connectivity index (χ0v) is 27.7. The zero-order chi connectivity index (χ0) is 26.3. The van der Waals surface area contributed by atoms with Crippen molar-refractivity contribution >= 4 is 93.6 Å². The van der Waals surface area contributed by atoms with Gasteiger partial charge in [0.25, 0.3) is 0 Å². The van der Waals surface area contributed by atoms with Crippen LogP contribution in [0.15, 0.2) is 0 Å². The van der Waals surface area contributed by atoms with Crippen LogP contribution in [0.2, 0.25) is 0 Å².